The Morgan fingerprint density at radius 3 is 2.20 bits per heavy atom. The van der Waals surface area contributed by atoms with Crippen LogP contribution in [0.25, 0.3) is 0 Å². The standard InChI is InChI=1S/C15H17NO4/c1-10(17)14-5-4-6-16-15(14)20-13-8-11(18-2)7-12(9-13)19-3/h4-10,17H,1-3H3. The Labute approximate surface area is 117 Å². The minimum atomic E-state index is -0.661. The average molecular weight is 275 g/mol. The van der Waals surface area contributed by atoms with Crippen molar-refractivity contribution in [1.82, 2.24) is 4.98 Å². The van der Waals surface area contributed by atoms with Crippen LogP contribution >= 0.6 is 0 Å². The van der Waals surface area contributed by atoms with Gasteiger partial charge in [0, 0.05) is 30.0 Å². The van der Waals surface area contributed by atoms with Crippen LogP contribution in [0.5, 0.6) is 23.1 Å². The molecule has 0 bridgehead atoms. The van der Waals surface area contributed by atoms with Crippen molar-refractivity contribution >= 4 is 0 Å². The molecule has 5 heteroatoms. The number of methoxy groups -OCH3 is 2. The lowest BCUT2D eigenvalue weighted by atomic mass is 10.2. The third kappa shape index (κ3) is 3.19. The fraction of sp³-hybridized carbons (Fsp3) is 0.267. The maximum absolute atomic E-state index is 9.71. The van der Waals surface area contributed by atoms with Crippen LogP contribution in [0, 0.1) is 0 Å². The number of rotatable bonds is 5. The summed E-state index contributed by atoms with van der Waals surface area (Å²) in [4.78, 5) is 4.14. The van der Waals surface area contributed by atoms with E-state index in [-0.39, 0.29) is 0 Å². The van der Waals surface area contributed by atoms with E-state index >= 15 is 0 Å². The number of hydrogen-bond acceptors (Lipinski definition) is 5. The van der Waals surface area contributed by atoms with Gasteiger partial charge in [-0.15, -0.1) is 0 Å². The molecule has 20 heavy (non-hydrogen) atoms. The first kappa shape index (κ1) is 14.1. The van der Waals surface area contributed by atoms with Gasteiger partial charge in [0.05, 0.1) is 20.3 Å². The molecule has 1 heterocycles. The van der Waals surface area contributed by atoms with Gasteiger partial charge >= 0.3 is 0 Å². The van der Waals surface area contributed by atoms with Gasteiger partial charge in [-0.05, 0) is 19.1 Å². The highest BCUT2D eigenvalue weighted by Gasteiger charge is 2.12. The van der Waals surface area contributed by atoms with E-state index in [4.69, 9.17) is 14.2 Å². The minimum absolute atomic E-state index is 0.359. The second-order valence-electron chi connectivity index (χ2n) is 4.22. The second kappa shape index (κ2) is 6.25. The third-order valence-electron chi connectivity index (χ3n) is 2.79. The first-order valence-corrected chi connectivity index (χ1v) is 6.18. The monoisotopic (exact) mass is 275 g/mol. The van der Waals surface area contributed by atoms with Crippen molar-refractivity contribution in [3.63, 3.8) is 0 Å². The molecular formula is C15H17NO4. The van der Waals surface area contributed by atoms with Crippen LogP contribution in [0.4, 0.5) is 0 Å². The summed E-state index contributed by atoms with van der Waals surface area (Å²) in [6.07, 6.45) is 0.949. The molecule has 2 aromatic rings. The predicted octanol–water partition coefficient (Wildman–Crippen LogP) is 2.94. The Bertz CT molecular complexity index is 562. The Kier molecular flexibility index (Phi) is 4.42. The highest BCUT2D eigenvalue weighted by Crippen LogP contribution is 2.32. The van der Waals surface area contributed by atoms with Crippen LogP contribution in [-0.2, 0) is 0 Å². The SMILES string of the molecule is COc1cc(OC)cc(Oc2ncccc2C(C)O)c1. The number of aromatic nitrogens is 1. The molecule has 0 spiro atoms. The van der Waals surface area contributed by atoms with Crippen LogP contribution in [0.2, 0.25) is 0 Å². The summed E-state index contributed by atoms with van der Waals surface area (Å²) in [6.45, 7) is 1.66. The quantitative estimate of drug-likeness (QED) is 0.909. The number of benzene rings is 1. The van der Waals surface area contributed by atoms with Gasteiger partial charge in [-0.2, -0.15) is 0 Å². The zero-order valence-electron chi connectivity index (χ0n) is 11.7. The number of aliphatic hydroxyl groups excluding tert-OH is 1. The van der Waals surface area contributed by atoms with Crippen molar-refractivity contribution in [2.45, 2.75) is 13.0 Å². The van der Waals surface area contributed by atoms with Crippen LogP contribution in [0.1, 0.15) is 18.6 Å². The molecule has 1 N–H and O–H groups in total. The van der Waals surface area contributed by atoms with Gasteiger partial charge in [0.15, 0.2) is 0 Å². The van der Waals surface area contributed by atoms with E-state index in [1.165, 1.54) is 0 Å². The number of pyridine rings is 1. The predicted molar refractivity (Wildman–Crippen MR) is 74.5 cm³/mol. The molecule has 0 saturated heterocycles. The van der Waals surface area contributed by atoms with Gasteiger partial charge in [-0.3, -0.25) is 0 Å². The normalized spacial score (nSPS) is 11.8. The molecule has 0 saturated carbocycles. The van der Waals surface area contributed by atoms with Gasteiger partial charge in [-0.1, -0.05) is 0 Å². The van der Waals surface area contributed by atoms with E-state index in [0.29, 0.717) is 28.7 Å². The lowest BCUT2D eigenvalue weighted by Gasteiger charge is -2.13. The maximum atomic E-state index is 9.71. The smallest absolute Gasteiger partial charge is 0.225 e. The molecular weight excluding hydrogens is 258 g/mol. The second-order valence-corrected chi connectivity index (χ2v) is 4.22. The maximum Gasteiger partial charge on any atom is 0.225 e. The van der Waals surface area contributed by atoms with E-state index in [0.717, 1.165) is 0 Å². The first-order valence-electron chi connectivity index (χ1n) is 6.18. The number of hydrogen-bond donors (Lipinski definition) is 1. The van der Waals surface area contributed by atoms with Gasteiger partial charge in [0.2, 0.25) is 5.88 Å². The number of aliphatic hydroxyl groups is 1. The Morgan fingerprint density at radius 2 is 1.65 bits per heavy atom. The summed E-state index contributed by atoms with van der Waals surface area (Å²) in [5, 5.41) is 9.71. The highest BCUT2D eigenvalue weighted by molar-refractivity contribution is 5.44. The van der Waals surface area contributed by atoms with Crippen molar-refractivity contribution in [1.29, 1.82) is 0 Å². The van der Waals surface area contributed by atoms with Crippen molar-refractivity contribution in [3.05, 3.63) is 42.1 Å². The molecule has 2 rings (SSSR count). The zero-order valence-corrected chi connectivity index (χ0v) is 11.7. The summed E-state index contributed by atoms with van der Waals surface area (Å²) >= 11 is 0. The van der Waals surface area contributed by atoms with Gasteiger partial charge in [0.1, 0.15) is 17.2 Å². The largest absolute Gasteiger partial charge is 0.496 e. The molecule has 1 unspecified atom stereocenters. The van der Waals surface area contributed by atoms with Crippen LogP contribution < -0.4 is 14.2 Å². The molecule has 0 amide bonds. The van der Waals surface area contributed by atoms with E-state index in [1.807, 2.05) is 0 Å². The van der Waals surface area contributed by atoms with Crippen molar-refractivity contribution in [2.24, 2.45) is 0 Å². The Balaban J connectivity index is 2.34. The lowest BCUT2D eigenvalue weighted by Crippen LogP contribution is -1.98. The highest BCUT2D eigenvalue weighted by atomic mass is 16.5. The molecule has 1 aromatic heterocycles. The molecule has 1 atom stereocenters. The molecule has 106 valence electrons. The molecule has 1 aromatic carbocycles. The molecule has 5 nitrogen and oxygen atoms in total. The summed E-state index contributed by atoms with van der Waals surface area (Å²) in [5.41, 5.74) is 0.620. The van der Waals surface area contributed by atoms with Crippen LogP contribution in [-0.4, -0.2) is 24.3 Å². The van der Waals surface area contributed by atoms with Gasteiger partial charge < -0.3 is 19.3 Å². The fourth-order valence-corrected chi connectivity index (χ4v) is 1.76. The summed E-state index contributed by atoms with van der Waals surface area (Å²) in [7, 11) is 3.14. The van der Waals surface area contributed by atoms with E-state index in [2.05, 4.69) is 4.98 Å². The third-order valence-corrected chi connectivity index (χ3v) is 2.79. The summed E-state index contributed by atoms with van der Waals surface area (Å²) < 4.78 is 16.1. The fourth-order valence-electron chi connectivity index (χ4n) is 1.76. The molecule has 0 aliphatic carbocycles. The van der Waals surface area contributed by atoms with Gasteiger partial charge in [0.25, 0.3) is 0 Å². The van der Waals surface area contributed by atoms with Crippen molar-refractivity contribution in [3.8, 4) is 23.1 Å². The van der Waals surface area contributed by atoms with E-state index in [1.54, 1.807) is 57.7 Å². The molecule has 0 aliphatic heterocycles. The van der Waals surface area contributed by atoms with Crippen molar-refractivity contribution in [2.75, 3.05) is 14.2 Å². The van der Waals surface area contributed by atoms with E-state index in [9.17, 15) is 5.11 Å². The van der Waals surface area contributed by atoms with Gasteiger partial charge in [-0.25, -0.2) is 4.98 Å². The van der Waals surface area contributed by atoms with Crippen LogP contribution in [0.15, 0.2) is 36.5 Å². The molecule has 0 aliphatic rings. The average Bonchev–Trinajstić information content (AvgIpc) is 2.47. The van der Waals surface area contributed by atoms with Crippen molar-refractivity contribution < 1.29 is 19.3 Å². The van der Waals surface area contributed by atoms with Crippen LogP contribution in [0.3, 0.4) is 0 Å². The zero-order chi connectivity index (χ0) is 14.5. The topological polar surface area (TPSA) is 60.8 Å². The molecule has 0 radical (unpaired) electrons. The Hall–Kier alpha value is -2.27. The summed E-state index contributed by atoms with van der Waals surface area (Å²) in [5.74, 6) is 2.13. The lowest BCUT2D eigenvalue weighted by molar-refractivity contribution is 0.194. The summed E-state index contributed by atoms with van der Waals surface area (Å²) in [6, 6.07) is 8.72. The Morgan fingerprint density at radius 1 is 1.05 bits per heavy atom. The number of nitrogens with zero attached hydrogens (tertiary/aromatic N) is 1. The minimum Gasteiger partial charge on any atom is -0.496 e. The first-order chi connectivity index (χ1) is 9.63. The molecule has 0 fully saturated rings. The van der Waals surface area contributed by atoms with E-state index < -0.39 is 6.10 Å². The number of ether oxygens (including phenoxy) is 3.